The van der Waals surface area contributed by atoms with E-state index in [0.29, 0.717) is 0 Å². The molecule has 4 aromatic carbocycles. The molecule has 0 radical (unpaired) electrons. The molecule has 0 bridgehead atoms. The lowest BCUT2D eigenvalue weighted by Gasteiger charge is -2.42. The standard InChI is InChI=1S/C51H71ClN2P2/c1-46(2,3)36-30-38(48(7,8)9)42(39(31-36)49(10,11)12)53-56(52)45(35-28-24-21-25-29-35)44(34-26-22-20-23-27-34)55(19)54(56)43-40(50(13,14)15)32-37(47(4,5)6)33-41(43)51(16,17)18/h20-33H,1-19H3. The smallest absolute Gasteiger partial charge is 0.180 e. The van der Waals surface area contributed by atoms with Crippen molar-refractivity contribution in [1.29, 1.82) is 0 Å². The van der Waals surface area contributed by atoms with Crippen molar-refractivity contribution >= 4 is 47.9 Å². The van der Waals surface area contributed by atoms with Gasteiger partial charge in [-0.25, -0.2) is 4.74 Å². The summed E-state index contributed by atoms with van der Waals surface area (Å²) in [6.45, 7) is 41.5. The topological polar surface area (TPSA) is 15.6 Å². The Morgan fingerprint density at radius 2 is 0.821 bits per heavy atom. The molecule has 0 fully saturated rings. The lowest BCUT2D eigenvalue weighted by atomic mass is 9.74. The predicted octanol–water partition coefficient (Wildman–Crippen LogP) is 17.4. The molecule has 0 aromatic heterocycles. The van der Waals surface area contributed by atoms with E-state index in [0.717, 1.165) is 11.3 Å². The summed E-state index contributed by atoms with van der Waals surface area (Å²) < 4.78 is 8.96. The van der Waals surface area contributed by atoms with Crippen LogP contribution in [0.3, 0.4) is 0 Å². The molecule has 0 saturated heterocycles. The Labute approximate surface area is 348 Å². The van der Waals surface area contributed by atoms with Crippen molar-refractivity contribution in [2.45, 2.75) is 157 Å². The summed E-state index contributed by atoms with van der Waals surface area (Å²) in [5.74, 6) is 0. The van der Waals surface area contributed by atoms with Gasteiger partial charge in [-0.2, -0.15) is 0 Å². The molecule has 4 aromatic rings. The first-order valence-corrected chi connectivity index (χ1v) is 24.8. The first-order chi connectivity index (χ1) is 25.4. The first kappa shape index (κ1) is 44.5. The number of rotatable bonds is 4. The van der Waals surface area contributed by atoms with E-state index in [2.05, 4.69) is 221 Å². The molecule has 2 atom stereocenters. The highest BCUT2D eigenvalue weighted by molar-refractivity contribution is 8.09. The van der Waals surface area contributed by atoms with Crippen LogP contribution in [0.4, 0.5) is 11.4 Å². The van der Waals surface area contributed by atoms with Crippen LogP contribution >= 0.6 is 25.9 Å². The molecule has 0 N–H and O–H groups in total. The Kier molecular flexibility index (Phi) is 11.8. The van der Waals surface area contributed by atoms with Gasteiger partial charge in [-0.05, 0) is 94.9 Å². The normalized spacial score (nSPS) is 18.9. The molecule has 1 heterocycles. The summed E-state index contributed by atoms with van der Waals surface area (Å²) in [6, 6.07) is 31.8. The lowest BCUT2D eigenvalue weighted by molar-refractivity contribution is 0.550. The number of nitrogens with zero attached hydrogens (tertiary/aromatic N) is 2. The number of hydrogen-bond donors (Lipinski definition) is 0. The Morgan fingerprint density at radius 3 is 1.16 bits per heavy atom. The van der Waals surface area contributed by atoms with Crippen molar-refractivity contribution in [3.63, 3.8) is 0 Å². The van der Waals surface area contributed by atoms with Crippen molar-refractivity contribution < 1.29 is 0 Å². The van der Waals surface area contributed by atoms with E-state index in [1.807, 2.05) is 0 Å². The Balaban J connectivity index is 2.15. The minimum atomic E-state index is -3.14. The molecular weight excluding hydrogens is 738 g/mol. The molecule has 302 valence electrons. The van der Waals surface area contributed by atoms with Gasteiger partial charge in [0.1, 0.15) is 0 Å². The quantitative estimate of drug-likeness (QED) is 0.188. The van der Waals surface area contributed by atoms with Gasteiger partial charge in [0.05, 0.1) is 11.4 Å². The zero-order chi connectivity index (χ0) is 42.2. The second kappa shape index (κ2) is 14.9. The molecule has 1 aliphatic heterocycles. The minimum absolute atomic E-state index is 0.0290. The van der Waals surface area contributed by atoms with E-state index in [4.69, 9.17) is 16.0 Å². The van der Waals surface area contributed by atoms with Crippen LogP contribution in [0, 0.1) is 0 Å². The number of anilines is 1. The van der Waals surface area contributed by atoms with Crippen LogP contribution in [0.1, 0.15) is 169 Å². The van der Waals surface area contributed by atoms with Gasteiger partial charge >= 0.3 is 0 Å². The summed E-state index contributed by atoms with van der Waals surface area (Å²) in [5, 5.41) is 2.50. The highest BCUT2D eigenvalue weighted by atomic mass is 35.7. The zero-order valence-corrected chi connectivity index (χ0v) is 40.8. The third kappa shape index (κ3) is 8.70. The maximum absolute atomic E-state index is 8.92. The monoisotopic (exact) mass is 808 g/mol. The van der Waals surface area contributed by atoms with Crippen molar-refractivity contribution in [1.82, 2.24) is 0 Å². The van der Waals surface area contributed by atoms with E-state index >= 15 is 0 Å². The fraction of sp³-hybridized carbons (Fsp3) is 0.490. The Bertz CT molecular complexity index is 2100. The number of benzene rings is 4. The highest BCUT2D eigenvalue weighted by Crippen LogP contribution is 2.87. The maximum Gasteiger partial charge on any atom is 0.180 e. The van der Waals surface area contributed by atoms with Gasteiger partial charge in [0.25, 0.3) is 0 Å². The van der Waals surface area contributed by atoms with E-state index < -0.39 is 14.6 Å². The summed E-state index contributed by atoms with van der Waals surface area (Å²) in [4.78, 5) is 0. The maximum atomic E-state index is 8.92. The Hall–Kier alpha value is -2.63. The second-order valence-corrected chi connectivity index (χ2v) is 27.9. The second-order valence-electron chi connectivity index (χ2n) is 22.2. The molecule has 0 amide bonds. The van der Waals surface area contributed by atoms with Gasteiger partial charge in [-0.3, -0.25) is 4.44 Å². The van der Waals surface area contributed by atoms with Gasteiger partial charge in [0, 0.05) is 18.7 Å². The molecular formula is C51H71ClN2P2. The van der Waals surface area contributed by atoms with Crippen LogP contribution in [0.25, 0.3) is 10.6 Å². The van der Waals surface area contributed by atoms with Gasteiger partial charge < -0.3 is 0 Å². The average molecular weight is 810 g/mol. The van der Waals surface area contributed by atoms with Gasteiger partial charge in [0.2, 0.25) is 0 Å². The van der Waals surface area contributed by atoms with Crippen LogP contribution in [0.5, 0.6) is 0 Å². The van der Waals surface area contributed by atoms with Gasteiger partial charge in [-0.15, -0.1) is 0 Å². The largest absolute Gasteiger partial charge is 0.297 e. The highest BCUT2D eigenvalue weighted by Gasteiger charge is 2.49. The van der Waals surface area contributed by atoms with Crippen molar-refractivity contribution in [3.8, 4) is 0 Å². The SMILES string of the molecule is CP1C(c2ccccc2)=C(c2ccccc2)P(Cl)(=Nc2c(C(C)(C)C)cc(C(C)(C)C)cc2C(C)(C)C)N1c1c(C(C)(C)C)cc(C(C)(C)C)cc1C(C)(C)C. The third-order valence-corrected chi connectivity index (χ3v) is 18.5. The molecule has 5 heteroatoms. The fourth-order valence-corrected chi connectivity index (χ4v) is 16.6. The van der Waals surface area contributed by atoms with Crippen LogP contribution in [0.2, 0.25) is 0 Å². The minimum Gasteiger partial charge on any atom is -0.297 e. The lowest BCUT2D eigenvalue weighted by Crippen LogP contribution is -2.26. The van der Waals surface area contributed by atoms with Crippen molar-refractivity contribution in [2.24, 2.45) is 4.74 Å². The molecule has 0 aliphatic carbocycles. The molecule has 1 aliphatic rings. The molecule has 5 rings (SSSR count). The fourth-order valence-electron chi connectivity index (χ4n) is 7.72. The van der Waals surface area contributed by atoms with Crippen LogP contribution in [-0.2, 0) is 32.5 Å². The number of hydrogen-bond acceptors (Lipinski definition) is 1. The number of halogens is 1. The predicted molar refractivity (Wildman–Crippen MR) is 255 cm³/mol. The van der Waals surface area contributed by atoms with Crippen molar-refractivity contribution in [3.05, 3.63) is 129 Å². The molecule has 56 heavy (non-hydrogen) atoms. The zero-order valence-electron chi connectivity index (χ0n) is 38.2. The van der Waals surface area contributed by atoms with Gasteiger partial charge in [0.15, 0.2) is 6.56 Å². The summed E-state index contributed by atoms with van der Waals surface area (Å²) >= 11 is 8.92. The van der Waals surface area contributed by atoms with E-state index in [1.165, 1.54) is 55.3 Å². The molecule has 0 spiro atoms. The van der Waals surface area contributed by atoms with E-state index in [9.17, 15) is 0 Å². The first-order valence-electron chi connectivity index (χ1n) is 20.5. The van der Waals surface area contributed by atoms with Crippen molar-refractivity contribution in [2.75, 3.05) is 11.1 Å². The van der Waals surface area contributed by atoms with E-state index in [-0.39, 0.29) is 32.5 Å². The average Bonchev–Trinajstić information content (AvgIpc) is 3.27. The molecule has 2 nitrogen and oxygen atoms in total. The summed E-state index contributed by atoms with van der Waals surface area (Å²) in [7, 11) is -1.02. The Morgan fingerprint density at radius 1 is 0.482 bits per heavy atom. The van der Waals surface area contributed by atoms with Crippen LogP contribution in [-0.4, -0.2) is 6.66 Å². The molecule has 0 saturated carbocycles. The summed E-state index contributed by atoms with van der Waals surface area (Å²) in [6.07, 6.45) is 0. The van der Waals surface area contributed by atoms with Crippen LogP contribution in [0.15, 0.2) is 89.7 Å². The van der Waals surface area contributed by atoms with Crippen LogP contribution < -0.4 is 4.44 Å². The molecule has 2 unspecified atom stereocenters. The third-order valence-electron chi connectivity index (χ3n) is 11.1. The van der Waals surface area contributed by atoms with E-state index in [1.54, 1.807) is 0 Å². The van der Waals surface area contributed by atoms with Gasteiger partial charge in [-0.1, -0.05) is 210 Å². The summed E-state index contributed by atoms with van der Waals surface area (Å²) in [5.41, 5.74) is 11.8.